The van der Waals surface area contributed by atoms with Crippen LogP contribution in [0, 0.1) is 5.41 Å². The number of benzene rings is 2. The summed E-state index contributed by atoms with van der Waals surface area (Å²) in [6, 6.07) is 10.1. The normalized spacial score (nSPS) is 17.9. The zero-order valence-electron chi connectivity index (χ0n) is 22.6. The molecule has 1 amide bonds. The Kier molecular flexibility index (Phi) is 7.81. The molecule has 11 heteroatoms. The number of aromatic nitrogens is 2. The van der Waals surface area contributed by atoms with Crippen LogP contribution in [-0.4, -0.2) is 52.9 Å². The second-order valence-corrected chi connectivity index (χ2v) is 10.7. The topological polar surface area (TPSA) is 85.7 Å². The molecule has 0 spiro atoms. The number of halogens is 3. The third-order valence-corrected chi connectivity index (χ3v) is 7.27. The zero-order chi connectivity index (χ0) is 28.5. The van der Waals surface area contributed by atoms with Gasteiger partial charge < -0.3 is 24.3 Å². The van der Waals surface area contributed by atoms with Gasteiger partial charge in [-0.05, 0) is 74.1 Å². The van der Waals surface area contributed by atoms with E-state index in [0.29, 0.717) is 22.7 Å². The first-order valence-corrected chi connectivity index (χ1v) is 12.8. The Morgan fingerprint density at radius 3 is 2.49 bits per heavy atom. The van der Waals surface area contributed by atoms with Gasteiger partial charge in [0.1, 0.15) is 11.8 Å². The SMILES string of the molecule is COC(=O)[C@H](C)N(C)C(=O)c1ccc2c(c1)nc(Nc1ccc(OC(F)(F)F)cc1)n2C1CCCC(C)(C)C1. The zero-order valence-corrected chi connectivity index (χ0v) is 22.6. The van der Waals surface area contributed by atoms with Crippen LogP contribution in [0.5, 0.6) is 5.75 Å². The van der Waals surface area contributed by atoms with E-state index in [1.807, 2.05) is 6.07 Å². The molecule has 1 fully saturated rings. The highest BCUT2D eigenvalue weighted by Gasteiger charge is 2.33. The quantitative estimate of drug-likeness (QED) is 0.343. The number of alkyl halides is 3. The molecule has 8 nitrogen and oxygen atoms in total. The lowest BCUT2D eigenvalue weighted by Crippen LogP contribution is -2.40. The highest BCUT2D eigenvalue weighted by molar-refractivity contribution is 5.99. The third kappa shape index (κ3) is 6.46. The summed E-state index contributed by atoms with van der Waals surface area (Å²) in [6.07, 6.45) is -0.738. The number of rotatable bonds is 7. The first-order valence-electron chi connectivity index (χ1n) is 12.8. The Labute approximate surface area is 225 Å². The minimum atomic E-state index is -4.77. The number of hydrogen-bond acceptors (Lipinski definition) is 6. The summed E-state index contributed by atoms with van der Waals surface area (Å²) in [6.45, 7) is 6.06. The maximum atomic E-state index is 13.1. The molecule has 4 rings (SSSR count). The minimum absolute atomic E-state index is 0.135. The van der Waals surface area contributed by atoms with Crippen molar-refractivity contribution in [1.29, 1.82) is 0 Å². The fourth-order valence-corrected chi connectivity index (χ4v) is 5.15. The molecule has 1 N–H and O–H groups in total. The predicted octanol–water partition coefficient (Wildman–Crippen LogP) is 6.45. The standard InChI is InChI=1S/C28H33F3N4O4/c1-17(25(37)38-5)34(4)24(36)18-8-13-23-22(15-18)33-26(35(23)20-7-6-14-27(2,3)16-20)32-19-9-11-21(12-10-19)39-28(29,30)31/h8-13,15,17,20H,6-7,14,16H2,1-5H3,(H,32,33)/t17-,20?/m0/s1. The number of amides is 1. The van der Waals surface area contributed by atoms with Crippen LogP contribution < -0.4 is 10.1 Å². The van der Waals surface area contributed by atoms with E-state index >= 15 is 0 Å². The van der Waals surface area contributed by atoms with E-state index < -0.39 is 18.4 Å². The molecule has 1 aromatic heterocycles. The van der Waals surface area contributed by atoms with E-state index in [9.17, 15) is 22.8 Å². The molecule has 1 saturated carbocycles. The first-order chi connectivity index (χ1) is 18.3. The van der Waals surface area contributed by atoms with Crippen molar-refractivity contribution in [3.05, 3.63) is 48.0 Å². The highest BCUT2D eigenvalue weighted by Crippen LogP contribution is 2.43. The Balaban J connectivity index is 1.70. The minimum Gasteiger partial charge on any atom is -0.467 e. The van der Waals surface area contributed by atoms with Gasteiger partial charge in [0, 0.05) is 24.3 Å². The van der Waals surface area contributed by atoms with Crippen molar-refractivity contribution in [1.82, 2.24) is 14.5 Å². The van der Waals surface area contributed by atoms with Gasteiger partial charge in [0.2, 0.25) is 5.95 Å². The predicted molar refractivity (Wildman–Crippen MR) is 141 cm³/mol. The van der Waals surface area contributed by atoms with E-state index in [2.05, 4.69) is 28.5 Å². The fourth-order valence-electron chi connectivity index (χ4n) is 5.15. The van der Waals surface area contributed by atoms with Crippen molar-refractivity contribution in [2.24, 2.45) is 5.41 Å². The van der Waals surface area contributed by atoms with E-state index in [1.165, 1.54) is 43.3 Å². The number of carbonyl (C=O) groups excluding carboxylic acids is 2. The van der Waals surface area contributed by atoms with Gasteiger partial charge in [-0.3, -0.25) is 4.79 Å². The number of nitrogens with zero attached hydrogens (tertiary/aromatic N) is 3. The Bertz CT molecular complexity index is 1350. The number of methoxy groups -OCH3 is 1. The number of esters is 1. The number of anilines is 2. The number of ether oxygens (including phenoxy) is 2. The maximum Gasteiger partial charge on any atom is 0.573 e. The van der Waals surface area contributed by atoms with Crippen LogP contribution in [0.2, 0.25) is 0 Å². The third-order valence-electron chi connectivity index (χ3n) is 7.27. The Hall–Kier alpha value is -3.76. The maximum absolute atomic E-state index is 13.1. The molecular formula is C28H33F3N4O4. The van der Waals surface area contributed by atoms with Crippen LogP contribution in [0.15, 0.2) is 42.5 Å². The van der Waals surface area contributed by atoms with Crippen molar-refractivity contribution >= 4 is 34.5 Å². The summed E-state index contributed by atoms with van der Waals surface area (Å²) in [4.78, 5) is 31.2. The first kappa shape index (κ1) is 28.3. The summed E-state index contributed by atoms with van der Waals surface area (Å²) in [7, 11) is 2.81. The molecule has 1 aliphatic carbocycles. The number of imidazole rings is 1. The van der Waals surface area contributed by atoms with E-state index in [4.69, 9.17) is 9.72 Å². The number of nitrogens with one attached hydrogen (secondary N) is 1. The molecule has 3 aromatic rings. The lowest BCUT2D eigenvalue weighted by atomic mass is 9.75. The summed E-state index contributed by atoms with van der Waals surface area (Å²) in [5, 5.41) is 3.25. The van der Waals surface area contributed by atoms with Gasteiger partial charge in [-0.25, -0.2) is 9.78 Å². The van der Waals surface area contributed by atoms with Gasteiger partial charge in [-0.1, -0.05) is 20.3 Å². The van der Waals surface area contributed by atoms with E-state index in [0.717, 1.165) is 31.2 Å². The lowest BCUT2D eigenvalue weighted by Gasteiger charge is -2.36. The second-order valence-electron chi connectivity index (χ2n) is 10.7. The molecule has 210 valence electrons. The number of likely N-dealkylation sites (N-methyl/N-ethyl adjacent to an activating group) is 1. The molecule has 0 aliphatic heterocycles. The van der Waals surface area contributed by atoms with Gasteiger partial charge in [-0.2, -0.15) is 0 Å². The number of fused-ring (bicyclic) bond motifs is 1. The molecule has 1 unspecified atom stereocenters. The average Bonchev–Trinajstić information content (AvgIpc) is 3.23. The number of carbonyl (C=O) groups is 2. The molecule has 1 aliphatic rings. The largest absolute Gasteiger partial charge is 0.573 e. The number of hydrogen-bond donors (Lipinski definition) is 1. The van der Waals surface area contributed by atoms with Crippen LogP contribution >= 0.6 is 0 Å². The molecule has 1 heterocycles. The van der Waals surface area contributed by atoms with Crippen molar-refractivity contribution in [2.45, 2.75) is 64.9 Å². The average molecular weight is 547 g/mol. The lowest BCUT2D eigenvalue weighted by molar-refractivity contribution is -0.274. The smallest absolute Gasteiger partial charge is 0.467 e. The summed E-state index contributed by atoms with van der Waals surface area (Å²) in [5.41, 5.74) is 2.46. The van der Waals surface area contributed by atoms with Crippen molar-refractivity contribution in [2.75, 3.05) is 19.5 Å². The monoisotopic (exact) mass is 546 g/mol. The van der Waals surface area contributed by atoms with E-state index in [1.54, 1.807) is 19.1 Å². The second kappa shape index (κ2) is 10.8. The fraction of sp³-hybridized carbons (Fsp3) is 0.464. The van der Waals surface area contributed by atoms with Crippen LogP contribution in [0.25, 0.3) is 11.0 Å². The molecule has 0 saturated heterocycles. The molecule has 2 atom stereocenters. The van der Waals surface area contributed by atoms with Crippen molar-refractivity contribution in [3.63, 3.8) is 0 Å². The Morgan fingerprint density at radius 1 is 1.18 bits per heavy atom. The van der Waals surface area contributed by atoms with Crippen LogP contribution in [0.1, 0.15) is 62.9 Å². The summed E-state index contributed by atoms with van der Waals surface area (Å²) in [5.74, 6) is -0.658. The molecule has 2 aromatic carbocycles. The van der Waals surface area contributed by atoms with Gasteiger partial charge in [0.25, 0.3) is 5.91 Å². The van der Waals surface area contributed by atoms with Crippen LogP contribution in [0.3, 0.4) is 0 Å². The molecular weight excluding hydrogens is 513 g/mol. The van der Waals surface area contributed by atoms with Gasteiger partial charge >= 0.3 is 12.3 Å². The van der Waals surface area contributed by atoms with Crippen LogP contribution in [-0.2, 0) is 9.53 Å². The molecule has 39 heavy (non-hydrogen) atoms. The van der Waals surface area contributed by atoms with Gasteiger partial charge in [0.15, 0.2) is 0 Å². The van der Waals surface area contributed by atoms with Crippen molar-refractivity contribution < 1.29 is 32.2 Å². The Morgan fingerprint density at radius 2 is 1.87 bits per heavy atom. The van der Waals surface area contributed by atoms with Crippen molar-refractivity contribution in [3.8, 4) is 5.75 Å². The van der Waals surface area contributed by atoms with Crippen LogP contribution in [0.4, 0.5) is 24.8 Å². The molecule has 0 bridgehead atoms. The summed E-state index contributed by atoms with van der Waals surface area (Å²) < 4.78 is 48.6. The van der Waals surface area contributed by atoms with E-state index in [-0.39, 0.29) is 23.1 Å². The van der Waals surface area contributed by atoms with Gasteiger partial charge in [0.05, 0.1) is 18.1 Å². The highest BCUT2D eigenvalue weighted by atomic mass is 19.4. The van der Waals surface area contributed by atoms with Gasteiger partial charge in [-0.15, -0.1) is 13.2 Å². The molecule has 0 radical (unpaired) electrons. The summed E-state index contributed by atoms with van der Waals surface area (Å²) >= 11 is 0.